The van der Waals surface area contributed by atoms with Crippen molar-refractivity contribution in [2.45, 2.75) is 26.4 Å². The van der Waals surface area contributed by atoms with Crippen molar-refractivity contribution in [3.8, 4) is 0 Å². The van der Waals surface area contributed by atoms with Gasteiger partial charge >= 0.3 is 0 Å². The van der Waals surface area contributed by atoms with E-state index in [1.807, 2.05) is 24.1 Å². The van der Waals surface area contributed by atoms with E-state index in [2.05, 4.69) is 64.7 Å². The maximum absolute atomic E-state index is 4.63. The smallest absolute Gasteiger partial charge is 0.191 e. The van der Waals surface area contributed by atoms with Crippen molar-refractivity contribution in [3.63, 3.8) is 0 Å². The van der Waals surface area contributed by atoms with Crippen molar-refractivity contribution < 1.29 is 0 Å². The SMILES string of the molecule is CCNC(=NCc1ncc(C)s1)NCC(c1cnn(C)c1)N(C)C. The summed E-state index contributed by atoms with van der Waals surface area (Å²) in [7, 11) is 6.08. The monoisotopic (exact) mass is 349 g/mol. The van der Waals surface area contributed by atoms with Gasteiger partial charge in [-0.2, -0.15) is 5.10 Å². The highest BCUT2D eigenvalue weighted by Crippen LogP contribution is 2.16. The van der Waals surface area contributed by atoms with Crippen LogP contribution in [0.5, 0.6) is 0 Å². The van der Waals surface area contributed by atoms with Crippen LogP contribution in [0.1, 0.15) is 28.4 Å². The summed E-state index contributed by atoms with van der Waals surface area (Å²) in [5, 5.41) is 12.0. The van der Waals surface area contributed by atoms with E-state index in [1.165, 1.54) is 10.4 Å². The number of rotatable bonds is 7. The third-order valence-corrected chi connectivity index (χ3v) is 4.48. The Kier molecular flexibility index (Phi) is 6.74. The molecule has 2 heterocycles. The molecule has 0 fully saturated rings. The number of guanidine groups is 1. The Bertz CT molecular complexity index is 659. The first kappa shape index (κ1) is 18.4. The van der Waals surface area contributed by atoms with Gasteiger partial charge in [0.15, 0.2) is 5.96 Å². The molecule has 0 saturated heterocycles. The lowest BCUT2D eigenvalue weighted by atomic mass is 10.1. The lowest BCUT2D eigenvalue weighted by molar-refractivity contribution is 0.298. The van der Waals surface area contributed by atoms with Crippen LogP contribution in [0, 0.1) is 6.92 Å². The summed E-state index contributed by atoms with van der Waals surface area (Å²) in [6.45, 7) is 6.29. The third kappa shape index (κ3) is 5.31. The highest BCUT2D eigenvalue weighted by atomic mass is 32.1. The molecule has 0 bridgehead atoms. The number of hydrogen-bond acceptors (Lipinski definition) is 5. The molecule has 1 atom stereocenters. The Balaban J connectivity index is 2.00. The summed E-state index contributed by atoms with van der Waals surface area (Å²) in [5.74, 6) is 0.807. The van der Waals surface area contributed by atoms with Crippen molar-refractivity contribution in [3.05, 3.63) is 34.0 Å². The van der Waals surface area contributed by atoms with Gasteiger partial charge < -0.3 is 15.5 Å². The fourth-order valence-electron chi connectivity index (χ4n) is 2.37. The van der Waals surface area contributed by atoms with Crippen LogP contribution < -0.4 is 10.6 Å². The zero-order chi connectivity index (χ0) is 17.5. The molecule has 0 amide bonds. The minimum absolute atomic E-state index is 0.227. The van der Waals surface area contributed by atoms with E-state index in [-0.39, 0.29) is 6.04 Å². The third-order valence-electron chi connectivity index (χ3n) is 3.58. The van der Waals surface area contributed by atoms with Crippen molar-refractivity contribution >= 4 is 17.3 Å². The van der Waals surface area contributed by atoms with Crippen LogP contribution in [0.2, 0.25) is 0 Å². The number of aromatic nitrogens is 3. The molecule has 132 valence electrons. The Morgan fingerprint density at radius 3 is 2.71 bits per heavy atom. The molecule has 0 aliphatic heterocycles. The molecular weight excluding hydrogens is 322 g/mol. The van der Waals surface area contributed by atoms with E-state index in [0.717, 1.165) is 24.1 Å². The molecule has 2 rings (SSSR count). The topological polar surface area (TPSA) is 70.4 Å². The molecule has 7 nitrogen and oxygen atoms in total. The first-order valence-electron chi connectivity index (χ1n) is 8.08. The van der Waals surface area contributed by atoms with Gasteiger partial charge in [0.1, 0.15) is 5.01 Å². The molecule has 2 aromatic rings. The van der Waals surface area contributed by atoms with E-state index in [1.54, 1.807) is 11.3 Å². The van der Waals surface area contributed by atoms with Crippen LogP contribution in [0.4, 0.5) is 0 Å². The van der Waals surface area contributed by atoms with Gasteiger partial charge in [0.2, 0.25) is 0 Å². The summed E-state index contributed by atoms with van der Waals surface area (Å²) in [6, 6.07) is 0.227. The average molecular weight is 350 g/mol. The molecule has 24 heavy (non-hydrogen) atoms. The zero-order valence-electron chi connectivity index (χ0n) is 15.1. The van der Waals surface area contributed by atoms with Gasteiger partial charge in [-0.1, -0.05) is 0 Å². The molecule has 8 heteroatoms. The Hall–Kier alpha value is -1.93. The zero-order valence-corrected chi connectivity index (χ0v) is 15.9. The fraction of sp³-hybridized carbons (Fsp3) is 0.562. The lowest BCUT2D eigenvalue weighted by Crippen LogP contribution is -2.41. The molecule has 0 saturated carbocycles. The first-order chi connectivity index (χ1) is 11.5. The Labute approximate surface area is 147 Å². The Morgan fingerprint density at radius 2 is 2.17 bits per heavy atom. The highest BCUT2D eigenvalue weighted by Gasteiger charge is 2.16. The minimum Gasteiger partial charge on any atom is -0.357 e. The van der Waals surface area contributed by atoms with Gasteiger partial charge in [0.05, 0.1) is 18.8 Å². The summed E-state index contributed by atoms with van der Waals surface area (Å²) in [5.41, 5.74) is 1.18. The molecule has 0 aromatic carbocycles. The van der Waals surface area contributed by atoms with E-state index >= 15 is 0 Å². The summed E-state index contributed by atoms with van der Waals surface area (Å²) >= 11 is 1.68. The van der Waals surface area contributed by atoms with E-state index in [4.69, 9.17) is 0 Å². The second kappa shape index (κ2) is 8.79. The Morgan fingerprint density at radius 1 is 1.38 bits per heavy atom. The number of aryl methyl sites for hydroxylation is 2. The molecule has 0 spiro atoms. The standard InChI is InChI=1S/C16H27N7S/c1-6-17-16(20-10-15-18-7-12(2)24-15)19-9-14(22(3)4)13-8-21-23(5)11-13/h7-8,11,14H,6,9-10H2,1-5H3,(H2,17,19,20). The predicted octanol–water partition coefficient (Wildman–Crippen LogP) is 1.54. The fourth-order valence-corrected chi connectivity index (χ4v) is 3.08. The van der Waals surface area contributed by atoms with Gasteiger partial charge in [-0.05, 0) is 27.9 Å². The molecule has 2 N–H and O–H groups in total. The molecule has 0 aliphatic carbocycles. The maximum Gasteiger partial charge on any atom is 0.191 e. The van der Waals surface area contributed by atoms with Gasteiger partial charge in [0, 0.05) is 43.0 Å². The minimum atomic E-state index is 0.227. The lowest BCUT2D eigenvalue weighted by Gasteiger charge is -2.24. The molecule has 0 radical (unpaired) electrons. The molecule has 0 aliphatic rings. The summed E-state index contributed by atoms with van der Waals surface area (Å²) in [6.07, 6.45) is 5.85. The number of nitrogens with zero attached hydrogens (tertiary/aromatic N) is 5. The molecule has 1 unspecified atom stereocenters. The van der Waals surface area contributed by atoms with Crippen LogP contribution in [-0.4, -0.2) is 52.8 Å². The van der Waals surface area contributed by atoms with Gasteiger partial charge in [-0.3, -0.25) is 4.68 Å². The van der Waals surface area contributed by atoms with Crippen molar-refractivity contribution in [1.82, 2.24) is 30.3 Å². The number of aliphatic imine (C=N–C) groups is 1. The second-order valence-electron chi connectivity index (χ2n) is 5.87. The quantitative estimate of drug-likeness (QED) is 0.586. The number of nitrogens with one attached hydrogen (secondary N) is 2. The average Bonchev–Trinajstić information content (AvgIpc) is 3.13. The van der Waals surface area contributed by atoms with Crippen LogP contribution >= 0.6 is 11.3 Å². The maximum atomic E-state index is 4.63. The first-order valence-corrected chi connectivity index (χ1v) is 8.89. The largest absolute Gasteiger partial charge is 0.357 e. The van der Waals surface area contributed by atoms with Crippen LogP contribution in [0.3, 0.4) is 0 Å². The van der Waals surface area contributed by atoms with Crippen molar-refractivity contribution in [2.75, 3.05) is 27.2 Å². The summed E-state index contributed by atoms with van der Waals surface area (Å²) < 4.78 is 1.83. The van der Waals surface area contributed by atoms with E-state index in [9.17, 15) is 0 Å². The van der Waals surface area contributed by atoms with E-state index < -0.39 is 0 Å². The van der Waals surface area contributed by atoms with Crippen molar-refractivity contribution in [2.24, 2.45) is 12.0 Å². The predicted molar refractivity (Wildman–Crippen MR) is 99.3 cm³/mol. The second-order valence-corrected chi connectivity index (χ2v) is 7.19. The van der Waals surface area contributed by atoms with Crippen LogP contribution in [0.15, 0.2) is 23.6 Å². The van der Waals surface area contributed by atoms with Gasteiger partial charge in [0.25, 0.3) is 0 Å². The molecule has 2 aromatic heterocycles. The van der Waals surface area contributed by atoms with Crippen LogP contribution in [-0.2, 0) is 13.6 Å². The summed E-state index contributed by atoms with van der Waals surface area (Å²) in [4.78, 5) is 12.4. The number of thiazole rings is 1. The van der Waals surface area contributed by atoms with Crippen LogP contribution in [0.25, 0.3) is 0 Å². The number of likely N-dealkylation sites (N-methyl/N-ethyl adjacent to an activating group) is 1. The van der Waals surface area contributed by atoms with E-state index in [0.29, 0.717) is 6.54 Å². The highest BCUT2D eigenvalue weighted by molar-refractivity contribution is 7.11. The van der Waals surface area contributed by atoms with Gasteiger partial charge in [-0.15, -0.1) is 11.3 Å². The van der Waals surface area contributed by atoms with Gasteiger partial charge in [-0.25, -0.2) is 9.98 Å². The molecular formula is C16H27N7S. The normalized spacial score (nSPS) is 13.3. The number of hydrogen-bond donors (Lipinski definition) is 2. The van der Waals surface area contributed by atoms with Crippen molar-refractivity contribution in [1.29, 1.82) is 0 Å².